The van der Waals surface area contributed by atoms with Gasteiger partial charge in [-0.1, -0.05) is 12.1 Å². The second-order valence-corrected chi connectivity index (χ2v) is 9.92. The number of aromatic nitrogens is 2. The molecular weight excluding hydrogens is 404 g/mol. The van der Waals surface area contributed by atoms with Crippen molar-refractivity contribution in [3.05, 3.63) is 54.1 Å². The van der Waals surface area contributed by atoms with Crippen LogP contribution in [0.5, 0.6) is 5.75 Å². The number of fused-ring (bicyclic) bond motifs is 1. The zero-order chi connectivity index (χ0) is 21.1. The van der Waals surface area contributed by atoms with Gasteiger partial charge in [0.05, 0.1) is 12.4 Å². The summed E-state index contributed by atoms with van der Waals surface area (Å²) in [6, 6.07) is 9.31. The van der Waals surface area contributed by atoms with Crippen LogP contribution in [0.15, 0.2) is 42.9 Å². The van der Waals surface area contributed by atoms with E-state index in [2.05, 4.69) is 9.97 Å². The minimum atomic E-state index is -3.37. The molecule has 9 heteroatoms. The van der Waals surface area contributed by atoms with E-state index in [1.807, 2.05) is 24.3 Å². The van der Waals surface area contributed by atoms with Crippen LogP contribution < -0.4 is 4.74 Å². The third-order valence-electron chi connectivity index (χ3n) is 6.03. The lowest BCUT2D eigenvalue weighted by atomic mass is 10.0. The number of carbonyl (C=O) groups is 1. The lowest BCUT2D eigenvalue weighted by molar-refractivity contribution is 0.0753. The molecule has 0 aliphatic carbocycles. The molecule has 0 radical (unpaired) electrons. The Morgan fingerprint density at radius 3 is 2.83 bits per heavy atom. The van der Waals surface area contributed by atoms with E-state index in [9.17, 15) is 13.2 Å². The first-order valence-corrected chi connectivity index (χ1v) is 11.7. The molecule has 160 valence electrons. The molecule has 0 bridgehead atoms. The van der Waals surface area contributed by atoms with E-state index in [1.54, 1.807) is 22.4 Å². The first kappa shape index (κ1) is 20.7. The van der Waals surface area contributed by atoms with Gasteiger partial charge in [-0.15, -0.1) is 0 Å². The molecule has 8 nitrogen and oxygen atoms in total. The van der Waals surface area contributed by atoms with Crippen LogP contribution in [0, 0.1) is 5.92 Å². The van der Waals surface area contributed by atoms with Crippen molar-refractivity contribution < 1.29 is 17.9 Å². The Bertz CT molecular complexity index is 999. The smallest absolute Gasteiger partial charge is 0.272 e. The molecule has 0 N–H and O–H groups in total. The highest BCUT2D eigenvalue weighted by Crippen LogP contribution is 2.34. The van der Waals surface area contributed by atoms with Gasteiger partial charge in [-0.25, -0.2) is 22.7 Å². The summed E-state index contributed by atoms with van der Waals surface area (Å²) in [7, 11) is -1.75. The van der Waals surface area contributed by atoms with Crippen LogP contribution in [0.25, 0.3) is 0 Å². The van der Waals surface area contributed by atoms with Crippen LogP contribution in [0.1, 0.15) is 28.9 Å². The van der Waals surface area contributed by atoms with Gasteiger partial charge >= 0.3 is 0 Å². The number of likely N-dealkylation sites (tertiary alicyclic amines) is 1. The van der Waals surface area contributed by atoms with Crippen molar-refractivity contribution in [3.63, 3.8) is 0 Å². The normalized spacial score (nSPS) is 23.6. The van der Waals surface area contributed by atoms with Crippen LogP contribution >= 0.6 is 0 Å². The molecule has 3 heterocycles. The van der Waals surface area contributed by atoms with E-state index in [-0.39, 0.29) is 11.8 Å². The summed E-state index contributed by atoms with van der Waals surface area (Å²) in [6.45, 7) is 1.95. The maximum absolute atomic E-state index is 13.1. The van der Waals surface area contributed by atoms with Gasteiger partial charge < -0.3 is 9.64 Å². The van der Waals surface area contributed by atoms with E-state index in [4.69, 9.17) is 4.74 Å². The number of sulfonamides is 1. The molecule has 2 aliphatic heterocycles. The maximum Gasteiger partial charge on any atom is 0.272 e. The van der Waals surface area contributed by atoms with Crippen molar-refractivity contribution >= 4 is 15.9 Å². The first-order chi connectivity index (χ1) is 14.5. The zero-order valence-corrected chi connectivity index (χ0v) is 17.8. The first-order valence-electron chi connectivity index (χ1n) is 10.2. The van der Waals surface area contributed by atoms with E-state index >= 15 is 0 Å². The van der Waals surface area contributed by atoms with E-state index in [0.29, 0.717) is 51.1 Å². The van der Waals surface area contributed by atoms with Gasteiger partial charge in [0.25, 0.3) is 5.91 Å². The quantitative estimate of drug-likeness (QED) is 0.715. The number of rotatable bonds is 5. The third-order valence-corrected chi connectivity index (χ3v) is 8.47. The van der Waals surface area contributed by atoms with Gasteiger partial charge in [-0.05, 0) is 48.9 Å². The predicted molar refractivity (Wildman–Crippen MR) is 112 cm³/mol. The third kappa shape index (κ3) is 4.17. The van der Waals surface area contributed by atoms with Crippen LogP contribution in [0.2, 0.25) is 0 Å². The Balaban J connectivity index is 1.40. The minimum absolute atomic E-state index is 0.0449. The van der Waals surface area contributed by atoms with Gasteiger partial charge in [0.1, 0.15) is 17.8 Å². The summed E-state index contributed by atoms with van der Waals surface area (Å²) < 4.78 is 33.2. The molecule has 1 aromatic heterocycles. The fraction of sp³-hybridized carbons (Fsp3) is 0.476. The highest BCUT2D eigenvalue weighted by molar-refractivity contribution is 7.90. The molecule has 0 unspecified atom stereocenters. The van der Waals surface area contributed by atoms with Gasteiger partial charge in [0.15, 0.2) is 0 Å². The Hall–Kier alpha value is -2.52. The van der Waals surface area contributed by atoms with Crippen molar-refractivity contribution in [3.8, 4) is 5.75 Å². The molecule has 4 rings (SSSR count). The summed E-state index contributed by atoms with van der Waals surface area (Å²) in [5, 5.41) is -0.425. The molecular formula is C21H26N4O4S. The maximum atomic E-state index is 13.1. The monoisotopic (exact) mass is 430 g/mol. The number of nitrogens with zero attached hydrogens (tertiary/aromatic N) is 4. The lowest BCUT2D eigenvalue weighted by Gasteiger charge is -2.22. The average molecular weight is 431 g/mol. The Kier molecular flexibility index (Phi) is 6.01. The highest BCUT2D eigenvalue weighted by Gasteiger charge is 2.47. The number of methoxy groups -OCH3 is 1. The fourth-order valence-electron chi connectivity index (χ4n) is 4.38. The fourth-order valence-corrected chi connectivity index (χ4v) is 6.62. The minimum Gasteiger partial charge on any atom is -0.497 e. The Labute approximate surface area is 176 Å². The van der Waals surface area contributed by atoms with Crippen molar-refractivity contribution in [1.29, 1.82) is 0 Å². The average Bonchev–Trinajstić information content (AvgIpc) is 2.90. The molecule has 2 saturated heterocycles. The molecule has 1 amide bonds. The molecule has 0 spiro atoms. The predicted octanol–water partition coefficient (Wildman–Crippen LogP) is 1.59. The lowest BCUT2D eigenvalue weighted by Crippen LogP contribution is -2.35. The number of ether oxygens (including phenoxy) is 1. The second kappa shape index (κ2) is 8.69. The number of hydrogen-bond donors (Lipinski definition) is 0. The van der Waals surface area contributed by atoms with E-state index in [0.717, 1.165) is 11.3 Å². The standard InChI is InChI=1S/C21H26N4O4S/c1-29-18-4-2-3-16(13-18)6-12-25-14-17-7-10-24(11-8-20(17)30(25,27)28)21(26)19-5-9-22-15-23-19/h2-5,9,13,15,17,20H,6-8,10-12,14H2,1H3/t17-,20-/m0/s1. The van der Waals surface area contributed by atoms with Crippen LogP contribution in [0.4, 0.5) is 0 Å². The molecule has 1 aromatic carbocycles. The summed E-state index contributed by atoms with van der Waals surface area (Å²) in [6.07, 6.45) is 4.67. The zero-order valence-electron chi connectivity index (χ0n) is 17.0. The van der Waals surface area contributed by atoms with Gasteiger partial charge in [-0.2, -0.15) is 0 Å². The van der Waals surface area contributed by atoms with Crippen molar-refractivity contribution in [1.82, 2.24) is 19.2 Å². The Morgan fingerprint density at radius 1 is 1.23 bits per heavy atom. The summed E-state index contributed by atoms with van der Waals surface area (Å²) >= 11 is 0. The molecule has 2 atom stereocenters. The van der Waals surface area contributed by atoms with E-state index < -0.39 is 15.3 Å². The summed E-state index contributed by atoms with van der Waals surface area (Å²) in [5.41, 5.74) is 1.40. The van der Waals surface area contributed by atoms with Crippen LogP contribution in [-0.4, -0.2) is 72.0 Å². The molecule has 2 aliphatic rings. The van der Waals surface area contributed by atoms with Gasteiger partial charge in [0.2, 0.25) is 10.0 Å². The number of hydrogen-bond acceptors (Lipinski definition) is 6. The van der Waals surface area contributed by atoms with Crippen LogP contribution in [-0.2, 0) is 16.4 Å². The number of carbonyl (C=O) groups excluding carboxylic acids is 1. The van der Waals surface area contributed by atoms with E-state index in [1.165, 1.54) is 12.5 Å². The number of benzene rings is 1. The molecule has 2 fully saturated rings. The van der Waals surface area contributed by atoms with Gasteiger partial charge in [0, 0.05) is 32.4 Å². The van der Waals surface area contributed by atoms with Crippen molar-refractivity contribution in [2.45, 2.75) is 24.5 Å². The van der Waals surface area contributed by atoms with Crippen molar-refractivity contribution in [2.75, 3.05) is 33.3 Å². The second-order valence-electron chi connectivity index (χ2n) is 7.77. The van der Waals surface area contributed by atoms with Crippen molar-refractivity contribution in [2.24, 2.45) is 5.92 Å². The Morgan fingerprint density at radius 2 is 2.07 bits per heavy atom. The molecule has 0 saturated carbocycles. The van der Waals surface area contributed by atoms with Gasteiger partial charge in [-0.3, -0.25) is 4.79 Å². The number of amides is 1. The highest BCUT2D eigenvalue weighted by atomic mass is 32.2. The molecule has 2 aromatic rings. The summed E-state index contributed by atoms with van der Waals surface area (Å²) in [4.78, 5) is 22.3. The summed E-state index contributed by atoms with van der Waals surface area (Å²) in [5.74, 6) is 0.656. The SMILES string of the molecule is COc1cccc(CCN2C[C@@H]3CCN(C(=O)c4ccncn4)CC[C@@H]3S2(=O)=O)c1. The topological polar surface area (TPSA) is 92.7 Å². The molecule has 30 heavy (non-hydrogen) atoms. The largest absolute Gasteiger partial charge is 0.497 e. The van der Waals surface area contributed by atoms with Crippen LogP contribution in [0.3, 0.4) is 0 Å².